The number of aromatic nitrogens is 1. The number of benzene rings is 10. The Kier molecular flexibility index (Phi) is 7.21. The molecule has 12 rings (SSSR count). The molecule has 0 amide bonds. The Morgan fingerprint density at radius 3 is 1.52 bits per heavy atom. The first-order valence-electron chi connectivity index (χ1n) is 20.1. The minimum absolute atomic E-state index is 0.167. The number of thiazole rings is 1. The van der Waals surface area contributed by atoms with Gasteiger partial charge in [0.1, 0.15) is 5.01 Å². The Bertz CT molecular complexity index is 3460. The van der Waals surface area contributed by atoms with Gasteiger partial charge in [-0.15, -0.1) is 11.3 Å². The molecule has 1 heterocycles. The van der Waals surface area contributed by atoms with E-state index in [1.54, 1.807) is 11.3 Å². The Labute approximate surface area is 341 Å². The molecule has 10 aromatic carbocycles. The largest absolute Gasteiger partial charge is 0.236 e. The highest BCUT2D eigenvalue weighted by Gasteiger charge is 2.36. The monoisotopic (exact) mass is 755 g/mol. The molecule has 0 radical (unpaired) electrons. The van der Waals surface area contributed by atoms with Gasteiger partial charge in [0.15, 0.2) is 0 Å². The summed E-state index contributed by atoms with van der Waals surface area (Å²) in [6.07, 6.45) is 0. The van der Waals surface area contributed by atoms with Crippen molar-refractivity contribution in [2.24, 2.45) is 0 Å². The van der Waals surface area contributed by atoms with Crippen molar-refractivity contribution in [3.63, 3.8) is 0 Å². The van der Waals surface area contributed by atoms with Crippen LogP contribution in [0.1, 0.15) is 25.0 Å². The quantitative estimate of drug-likeness (QED) is 0.163. The van der Waals surface area contributed by atoms with E-state index in [0.717, 1.165) is 10.5 Å². The molecule has 0 bridgehead atoms. The molecule has 0 spiro atoms. The van der Waals surface area contributed by atoms with Crippen LogP contribution >= 0.6 is 11.3 Å². The highest BCUT2D eigenvalue weighted by atomic mass is 32.1. The van der Waals surface area contributed by atoms with Crippen LogP contribution < -0.4 is 0 Å². The molecule has 58 heavy (non-hydrogen) atoms. The van der Waals surface area contributed by atoms with E-state index in [1.807, 2.05) is 0 Å². The van der Waals surface area contributed by atoms with Crippen LogP contribution in [-0.2, 0) is 5.41 Å². The summed E-state index contributed by atoms with van der Waals surface area (Å²) in [5.41, 5.74) is 14.9. The van der Waals surface area contributed by atoms with Gasteiger partial charge >= 0.3 is 0 Å². The Balaban J connectivity index is 1.05. The van der Waals surface area contributed by atoms with E-state index in [2.05, 4.69) is 202 Å². The fraction of sp³-hybridized carbons (Fsp3) is 0.0536. The van der Waals surface area contributed by atoms with Crippen LogP contribution in [0.2, 0.25) is 0 Å². The van der Waals surface area contributed by atoms with Gasteiger partial charge in [-0.25, -0.2) is 4.98 Å². The molecule has 0 aliphatic heterocycles. The molecule has 2 heteroatoms. The molecule has 0 fully saturated rings. The third kappa shape index (κ3) is 5.05. The molecule has 0 unspecified atom stereocenters. The summed E-state index contributed by atoms with van der Waals surface area (Å²) in [7, 11) is 0. The third-order valence-corrected chi connectivity index (χ3v) is 13.7. The summed E-state index contributed by atoms with van der Waals surface area (Å²) in [5, 5.41) is 11.1. The zero-order chi connectivity index (χ0) is 38.5. The average Bonchev–Trinajstić information content (AvgIpc) is 3.81. The SMILES string of the molecule is CC1(C)c2cc(-c3ccc4c(-c5ccc6ccccc6c5)c5ccccc5c(-c5ccc6ccccc6c5)c4c3)ccc2-c2ccc(-c3nc4ccccc4s3)cc21. The highest BCUT2D eigenvalue weighted by molar-refractivity contribution is 7.21. The molecular formula is C56H37NS. The molecule has 1 aromatic heterocycles. The van der Waals surface area contributed by atoms with Gasteiger partial charge in [-0.2, -0.15) is 0 Å². The Morgan fingerprint density at radius 2 is 0.862 bits per heavy atom. The second kappa shape index (κ2) is 12.6. The summed E-state index contributed by atoms with van der Waals surface area (Å²) in [5.74, 6) is 0. The van der Waals surface area contributed by atoms with Gasteiger partial charge in [0, 0.05) is 11.0 Å². The third-order valence-electron chi connectivity index (χ3n) is 12.7. The second-order valence-corrected chi connectivity index (χ2v) is 17.3. The summed E-state index contributed by atoms with van der Waals surface area (Å²) in [4.78, 5) is 5.00. The standard InChI is InChI=1S/C56H37NS/c1-56(2)49-32-39(23-26-43(49)44-27-25-42(33-50(44)56)55-57-51-17-9-10-18-52(51)58-55)38-24-28-47-48(31-38)54(41-22-20-35-12-4-6-14-37(35)30-41)46-16-8-7-15-45(46)53(47)40-21-19-34-11-3-5-13-36(34)29-40/h3-33H,1-2H3. The maximum absolute atomic E-state index is 5.00. The van der Waals surface area contributed by atoms with Crippen LogP contribution in [-0.4, -0.2) is 4.98 Å². The molecule has 0 saturated heterocycles. The van der Waals surface area contributed by atoms with Crippen molar-refractivity contribution in [1.29, 1.82) is 0 Å². The van der Waals surface area contributed by atoms with Crippen LogP contribution in [0, 0.1) is 0 Å². The lowest BCUT2D eigenvalue weighted by atomic mass is 9.80. The van der Waals surface area contributed by atoms with E-state index in [-0.39, 0.29) is 5.41 Å². The lowest BCUT2D eigenvalue weighted by molar-refractivity contribution is 0.661. The summed E-state index contributed by atoms with van der Waals surface area (Å²) in [6.45, 7) is 4.76. The van der Waals surface area contributed by atoms with Crippen molar-refractivity contribution in [3.05, 3.63) is 199 Å². The lowest BCUT2D eigenvalue weighted by Crippen LogP contribution is -2.15. The first-order chi connectivity index (χ1) is 28.5. The van der Waals surface area contributed by atoms with Crippen molar-refractivity contribution in [2.45, 2.75) is 19.3 Å². The van der Waals surface area contributed by atoms with Crippen LogP contribution in [0.3, 0.4) is 0 Å². The lowest BCUT2D eigenvalue weighted by Gasteiger charge is -2.23. The number of fused-ring (bicyclic) bond motifs is 8. The number of nitrogens with zero attached hydrogens (tertiary/aromatic N) is 1. The smallest absolute Gasteiger partial charge is 0.124 e. The summed E-state index contributed by atoms with van der Waals surface area (Å²) < 4.78 is 1.22. The summed E-state index contributed by atoms with van der Waals surface area (Å²) in [6, 6.07) is 69.9. The molecule has 1 nitrogen and oxygen atoms in total. The van der Waals surface area contributed by atoms with E-state index >= 15 is 0 Å². The van der Waals surface area contributed by atoms with Crippen LogP contribution in [0.4, 0.5) is 0 Å². The van der Waals surface area contributed by atoms with E-state index in [4.69, 9.17) is 4.98 Å². The van der Waals surface area contributed by atoms with Crippen molar-refractivity contribution < 1.29 is 0 Å². The van der Waals surface area contributed by atoms with E-state index in [0.29, 0.717) is 0 Å². The normalized spacial score (nSPS) is 13.1. The Morgan fingerprint density at radius 1 is 0.379 bits per heavy atom. The fourth-order valence-corrected chi connectivity index (χ4v) is 10.7. The van der Waals surface area contributed by atoms with Crippen LogP contribution in [0.15, 0.2) is 188 Å². The maximum Gasteiger partial charge on any atom is 0.124 e. The van der Waals surface area contributed by atoms with Gasteiger partial charge in [-0.3, -0.25) is 0 Å². The molecule has 0 saturated carbocycles. The predicted octanol–water partition coefficient (Wildman–Crippen LogP) is 15.9. The number of rotatable bonds is 4. The van der Waals surface area contributed by atoms with Crippen molar-refractivity contribution in [3.8, 4) is 55.1 Å². The molecule has 0 N–H and O–H groups in total. The zero-order valence-corrected chi connectivity index (χ0v) is 33.1. The molecule has 272 valence electrons. The predicted molar refractivity (Wildman–Crippen MR) is 249 cm³/mol. The van der Waals surface area contributed by atoms with Crippen molar-refractivity contribution in [1.82, 2.24) is 4.98 Å². The fourth-order valence-electron chi connectivity index (χ4n) is 9.72. The van der Waals surface area contributed by atoms with E-state index in [1.165, 1.54) is 109 Å². The number of hydrogen-bond acceptors (Lipinski definition) is 2. The van der Waals surface area contributed by atoms with Gasteiger partial charge in [0.25, 0.3) is 0 Å². The second-order valence-electron chi connectivity index (χ2n) is 16.3. The van der Waals surface area contributed by atoms with Gasteiger partial charge in [0.2, 0.25) is 0 Å². The topological polar surface area (TPSA) is 12.9 Å². The van der Waals surface area contributed by atoms with Crippen LogP contribution in [0.25, 0.3) is 108 Å². The molecular weight excluding hydrogens is 719 g/mol. The molecule has 1 aliphatic carbocycles. The van der Waals surface area contributed by atoms with E-state index in [9.17, 15) is 0 Å². The molecule has 11 aromatic rings. The minimum Gasteiger partial charge on any atom is -0.236 e. The summed E-state index contributed by atoms with van der Waals surface area (Å²) >= 11 is 1.77. The average molecular weight is 756 g/mol. The number of para-hydroxylation sites is 1. The Hall–Kier alpha value is -6.87. The minimum atomic E-state index is -0.167. The molecule has 1 aliphatic rings. The highest BCUT2D eigenvalue weighted by Crippen LogP contribution is 2.52. The van der Waals surface area contributed by atoms with Gasteiger partial charge in [-0.05, 0) is 141 Å². The molecule has 0 atom stereocenters. The van der Waals surface area contributed by atoms with Crippen molar-refractivity contribution in [2.75, 3.05) is 0 Å². The van der Waals surface area contributed by atoms with Gasteiger partial charge in [0.05, 0.1) is 10.2 Å². The first-order valence-corrected chi connectivity index (χ1v) is 20.9. The number of hydrogen-bond donors (Lipinski definition) is 0. The van der Waals surface area contributed by atoms with Gasteiger partial charge < -0.3 is 0 Å². The van der Waals surface area contributed by atoms with Crippen LogP contribution in [0.5, 0.6) is 0 Å². The first kappa shape index (κ1) is 33.3. The van der Waals surface area contributed by atoms with E-state index < -0.39 is 0 Å². The zero-order valence-electron chi connectivity index (χ0n) is 32.3. The maximum atomic E-state index is 5.00. The van der Waals surface area contributed by atoms with Crippen molar-refractivity contribution >= 4 is 64.6 Å². The van der Waals surface area contributed by atoms with Gasteiger partial charge in [-0.1, -0.05) is 159 Å².